The molecule has 0 heterocycles. The Labute approximate surface area is 73.4 Å². The summed E-state index contributed by atoms with van der Waals surface area (Å²) in [5, 5.41) is 0. The Balaban J connectivity index is 3.67. The highest BCUT2D eigenvalue weighted by molar-refractivity contribution is 7.89. The van der Waals surface area contributed by atoms with Crippen molar-refractivity contribution < 1.29 is 13.2 Å². The maximum absolute atomic E-state index is 11.0. The van der Waals surface area contributed by atoms with E-state index < -0.39 is 10.0 Å². The first-order valence-corrected chi connectivity index (χ1v) is 5.17. The van der Waals surface area contributed by atoms with Crippen molar-refractivity contribution in [3.05, 3.63) is 0 Å². The van der Waals surface area contributed by atoms with Gasteiger partial charge in [-0.3, -0.25) is 0 Å². The number of methoxy groups -OCH3 is 1. The second kappa shape index (κ2) is 6.00. The third-order valence-corrected chi connectivity index (χ3v) is 2.50. The van der Waals surface area contributed by atoms with Gasteiger partial charge in [0.1, 0.15) is 0 Å². The predicted molar refractivity (Wildman–Crippen MR) is 47.1 cm³/mol. The van der Waals surface area contributed by atoms with Crippen molar-refractivity contribution in [2.75, 3.05) is 26.0 Å². The summed E-state index contributed by atoms with van der Waals surface area (Å²) in [6.07, 6.45) is 5.36. The second-order valence-electron chi connectivity index (χ2n) is 2.16. The number of terminal acetylenes is 1. The van der Waals surface area contributed by atoms with Gasteiger partial charge in [-0.15, -0.1) is 12.3 Å². The molecule has 0 saturated carbocycles. The van der Waals surface area contributed by atoms with E-state index in [0.717, 1.165) is 0 Å². The summed E-state index contributed by atoms with van der Waals surface area (Å²) in [7, 11) is -1.73. The van der Waals surface area contributed by atoms with Crippen molar-refractivity contribution in [3.63, 3.8) is 0 Å². The topological polar surface area (TPSA) is 55.4 Å². The molecule has 0 atom stereocenters. The second-order valence-corrected chi connectivity index (χ2v) is 4.09. The van der Waals surface area contributed by atoms with Crippen LogP contribution in [0.4, 0.5) is 0 Å². The lowest BCUT2D eigenvalue weighted by atomic mass is 10.5. The molecular formula is C7H13NO3S. The summed E-state index contributed by atoms with van der Waals surface area (Å²) in [6.45, 7) is 0.494. The largest absolute Gasteiger partial charge is 0.384 e. The van der Waals surface area contributed by atoms with Gasteiger partial charge in [-0.1, -0.05) is 0 Å². The van der Waals surface area contributed by atoms with Crippen molar-refractivity contribution in [2.45, 2.75) is 6.42 Å². The van der Waals surface area contributed by atoms with Crippen LogP contribution in [0.3, 0.4) is 0 Å². The van der Waals surface area contributed by atoms with Gasteiger partial charge in [0.05, 0.1) is 12.4 Å². The van der Waals surface area contributed by atoms with Crippen LogP contribution in [0.5, 0.6) is 0 Å². The molecule has 12 heavy (non-hydrogen) atoms. The van der Waals surface area contributed by atoms with E-state index in [-0.39, 0.29) is 12.4 Å². The molecule has 0 aromatic rings. The lowest BCUT2D eigenvalue weighted by Gasteiger charge is -2.03. The van der Waals surface area contributed by atoms with Crippen LogP contribution in [0, 0.1) is 12.3 Å². The van der Waals surface area contributed by atoms with Crippen molar-refractivity contribution in [3.8, 4) is 12.3 Å². The van der Waals surface area contributed by atoms with Gasteiger partial charge in [-0.25, -0.2) is 13.1 Å². The van der Waals surface area contributed by atoms with Gasteiger partial charge in [0.2, 0.25) is 10.0 Å². The van der Waals surface area contributed by atoms with E-state index in [0.29, 0.717) is 13.0 Å². The molecule has 0 aliphatic rings. The average Bonchev–Trinajstić information content (AvgIpc) is 2.01. The van der Waals surface area contributed by atoms with Gasteiger partial charge in [0.25, 0.3) is 0 Å². The Morgan fingerprint density at radius 1 is 1.58 bits per heavy atom. The first kappa shape index (κ1) is 11.4. The molecule has 0 aliphatic heterocycles. The van der Waals surface area contributed by atoms with E-state index in [1.165, 1.54) is 7.11 Å². The van der Waals surface area contributed by atoms with Gasteiger partial charge in [0.15, 0.2) is 0 Å². The molecule has 0 radical (unpaired) electrons. The standard InChI is InChI=1S/C7H13NO3S/c1-3-4-5-8-12(9,10)7-6-11-2/h1,8H,4-7H2,2H3. The molecule has 0 unspecified atom stereocenters. The zero-order valence-corrected chi connectivity index (χ0v) is 7.86. The highest BCUT2D eigenvalue weighted by Crippen LogP contribution is 1.84. The van der Waals surface area contributed by atoms with E-state index >= 15 is 0 Å². The Bertz CT molecular complexity index is 240. The Morgan fingerprint density at radius 3 is 2.75 bits per heavy atom. The van der Waals surface area contributed by atoms with Crippen LogP contribution in [0.1, 0.15) is 6.42 Å². The monoisotopic (exact) mass is 191 g/mol. The van der Waals surface area contributed by atoms with E-state index in [1.807, 2.05) is 0 Å². The van der Waals surface area contributed by atoms with Crippen LogP contribution >= 0.6 is 0 Å². The predicted octanol–water partition coefficient (Wildman–Crippen LogP) is -0.425. The van der Waals surface area contributed by atoms with Crippen LogP contribution in [-0.2, 0) is 14.8 Å². The summed E-state index contributed by atoms with van der Waals surface area (Å²) in [6, 6.07) is 0. The molecule has 0 aromatic carbocycles. The normalized spacial score (nSPS) is 11.0. The molecule has 0 bridgehead atoms. The van der Waals surface area contributed by atoms with Crippen LogP contribution in [0.25, 0.3) is 0 Å². The number of hydrogen-bond donors (Lipinski definition) is 1. The highest BCUT2D eigenvalue weighted by Gasteiger charge is 2.07. The summed E-state index contributed by atoms with van der Waals surface area (Å²) >= 11 is 0. The fraction of sp³-hybridized carbons (Fsp3) is 0.714. The molecule has 70 valence electrons. The molecule has 0 amide bonds. The van der Waals surface area contributed by atoms with Gasteiger partial charge < -0.3 is 4.74 Å². The van der Waals surface area contributed by atoms with Crippen molar-refractivity contribution in [1.29, 1.82) is 0 Å². The summed E-state index contributed by atoms with van der Waals surface area (Å²) in [5.41, 5.74) is 0. The molecule has 0 rings (SSSR count). The molecule has 0 spiro atoms. The third kappa shape index (κ3) is 6.16. The number of nitrogens with one attached hydrogen (secondary N) is 1. The van der Waals surface area contributed by atoms with Crippen LogP contribution in [0.2, 0.25) is 0 Å². The Hall–Kier alpha value is -0.570. The summed E-state index contributed by atoms with van der Waals surface area (Å²) < 4.78 is 29.0. The van der Waals surface area contributed by atoms with Crippen molar-refractivity contribution in [1.82, 2.24) is 4.72 Å². The molecule has 0 saturated heterocycles. The van der Waals surface area contributed by atoms with Gasteiger partial charge in [-0.05, 0) is 0 Å². The lowest BCUT2D eigenvalue weighted by molar-refractivity contribution is 0.217. The third-order valence-electron chi connectivity index (χ3n) is 1.15. The zero-order chi connectivity index (χ0) is 9.45. The molecule has 4 nitrogen and oxygen atoms in total. The highest BCUT2D eigenvalue weighted by atomic mass is 32.2. The average molecular weight is 191 g/mol. The molecule has 1 N–H and O–H groups in total. The number of rotatable bonds is 6. The van der Waals surface area contributed by atoms with Crippen molar-refractivity contribution >= 4 is 10.0 Å². The Morgan fingerprint density at radius 2 is 2.25 bits per heavy atom. The summed E-state index contributed by atoms with van der Waals surface area (Å²) in [5.74, 6) is 2.32. The molecular weight excluding hydrogens is 178 g/mol. The summed E-state index contributed by atoms with van der Waals surface area (Å²) in [4.78, 5) is 0. The van der Waals surface area contributed by atoms with Gasteiger partial charge >= 0.3 is 0 Å². The van der Waals surface area contributed by atoms with Crippen LogP contribution < -0.4 is 4.72 Å². The van der Waals surface area contributed by atoms with Crippen LogP contribution in [-0.4, -0.2) is 34.4 Å². The maximum atomic E-state index is 11.0. The number of sulfonamides is 1. The van der Waals surface area contributed by atoms with Crippen molar-refractivity contribution in [2.24, 2.45) is 0 Å². The Kier molecular flexibility index (Phi) is 5.72. The number of hydrogen-bond acceptors (Lipinski definition) is 3. The minimum absolute atomic E-state index is 0.0198. The van der Waals surface area contributed by atoms with Gasteiger partial charge in [-0.2, -0.15) is 0 Å². The van der Waals surface area contributed by atoms with E-state index in [4.69, 9.17) is 6.42 Å². The first-order chi connectivity index (χ1) is 5.62. The maximum Gasteiger partial charge on any atom is 0.213 e. The zero-order valence-electron chi connectivity index (χ0n) is 7.04. The van der Waals surface area contributed by atoms with E-state index in [2.05, 4.69) is 15.4 Å². The molecule has 5 heteroatoms. The first-order valence-electron chi connectivity index (χ1n) is 3.52. The van der Waals surface area contributed by atoms with Crippen LogP contribution in [0.15, 0.2) is 0 Å². The fourth-order valence-corrected chi connectivity index (χ4v) is 1.49. The van der Waals surface area contributed by atoms with Gasteiger partial charge in [0, 0.05) is 20.1 Å². The lowest BCUT2D eigenvalue weighted by Crippen LogP contribution is -2.28. The fourth-order valence-electron chi connectivity index (χ4n) is 0.544. The van der Waals surface area contributed by atoms with E-state index in [1.54, 1.807) is 0 Å². The minimum atomic E-state index is -3.19. The SMILES string of the molecule is C#CCCNS(=O)(=O)CCOC. The minimum Gasteiger partial charge on any atom is -0.384 e. The molecule has 0 aliphatic carbocycles. The quantitative estimate of drug-likeness (QED) is 0.458. The molecule has 0 fully saturated rings. The van der Waals surface area contributed by atoms with E-state index in [9.17, 15) is 8.42 Å². The molecule has 0 aromatic heterocycles. The number of ether oxygens (including phenoxy) is 1. The smallest absolute Gasteiger partial charge is 0.213 e.